The molecule has 1 aromatic heterocycles. The Morgan fingerprint density at radius 3 is 2.34 bits per heavy atom. The maximum absolute atomic E-state index is 12.5. The lowest BCUT2D eigenvalue weighted by Gasteiger charge is -2.22. The Morgan fingerprint density at radius 2 is 1.75 bits per heavy atom. The number of furan rings is 1. The highest BCUT2D eigenvalue weighted by Crippen LogP contribution is 2.22. The van der Waals surface area contributed by atoms with Crippen LogP contribution in [-0.2, 0) is 6.61 Å². The Balaban J connectivity index is 1.58. The van der Waals surface area contributed by atoms with Crippen LogP contribution in [0.3, 0.4) is 0 Å². The van der Waals surface area contributed by atoms with E-state index in [4.69, 9.17) is 13.9 Å². The van der Waals surface area contributed by atoms with Gasteiger partial charge in [-0.3, -0.25) is 14.9 Å². The van der Waals surface area contributed by atoms with Gasteiger partial charge in [-0.25, -0.2) is 0 Å². The fourth-order valence-electron chi connectivity index (χ4n) is 2.89. The van der Waals surface area contributed by atoms with Crippen LogP contribution < -0.4 is 14.8 Å². The van der Waals surface area contributed by atoms with Crippen LogP contribution in [0, 0.1) is 10.1 Å². The number of amides is 1. The number of hydrogen-bond acceptors (Lipinski definition) is 8. The number of nitrogens with one attached hydrogen (secondary N) is 1. The van der Waals surface area contributed by atoms with Crippen molar-refractivity contribution < 1.29 is 33.8 Å². The van der Waals surface area contributed by atoms with Crippen molar-refractivity contribution in [2.75, 3.05) is 13.7 Å². The van der Waals surface area contributed by atoms with E-state index < -0.39 is 29.6 Å². The van der Waals surface area contributed by atoms with E-state index in [9.17, 15) is 25.1 Å². The largest absolute Gasteiger partial charge is 0.497 e. The molecule has 2 unspecified atom stereocenters. The zero-order valence-electron chi connectivity index (χ0n) is 17.1. The summed E-state index contributed by atoms with van der Waals surface area (Å²) in [6, 6.07) is 14.2. The minimum absolute atomic E-state index is 0.0207. The van der Waals surface area contributed by atoms with Crippen molar-refractivity contribution in [3.8, 4) is 11.5 Å². The van der Waals surface area contributed by atoms with Gasteiger partial charge < -0.3 is 29.4 Å². The van der Waals surface area contributed by atoms with Gasteiger partial charge in [0.2, 0.25) is 0 Å². The van der Waals surface area contributed by atoms with Gasteiger partial charge in [-0.05, 0) is 54.1 Å². The van der Waals surface area contributed by atoms with Gasteiger partial charge in [0.25, 0.3) is 11.6 Å². The molecule has 10 heteroatoms. The first-order chi connectivity index (χ1) is 15.4. The van der Waals surface area contributed by atoms with Crippen molar-refractivity contribution in [2.24, 2.45) is 0 Å². The lowest BCUT2D eigenvalue weighted by atomic mass is 10.0. The number of carbonyl (C=O) groups is 1. The predicted octanol–water partition coefficient (Wildman–Crippen LogP) is 2.60. The second-order valence-electron chi connectivity index (χ2n) is 6.79. The van der Waals surface area contributed by atoms with Gasteiger partial charge in [0.05, 0.1) is 24.7 Å². The SMILES string of the molecule is COc1ccc(OCc2ccc(C(=O)NC(CO)C(O)c3ccc([N+](=O)[O-])cc3)o2)cc1. The van der Waals surface area contributed by atoms with E-state index in [1.807, 2.05) is 0 Å². The lowest BCUT2D eigenvalue weighted by molar-refractivity contribution is -0.384. The van der Waals surface area contributed by atoms with Gasteiger partial charge in [0.15, 0.2) is 5.76 Å². The summed E-state index contributed by atoms with van der Waals surface area (Å²) in [4.78, 5) is 22.7. The van der Waals surface area contributed by atoms with Crippen molar-refractivity contribution in [3.63, 3.8) is 0 Å². The van der Waals surface area contributed by atoms with Crippen molar-refractivity contribution >= 4 is 11.6 Å². The lowest BCUT2D eigenvalue weighted by Crippen LogP contribution is -2.41. The average Bonchev–Trinajstić information content (AvgIpc) is 3.30. The number of nitrogens with zero attached hydrogens (tertiary/aromatic N) is 1. The third-order valence-electron chi connectivity index (χ3n) is 4.67. The fraction of sp³-hybridized carbons (Fsp3) is 0.227. The summed E-state index contributed by atoms with van der Waals surface area (Å²) in [7, 11) is 1.57. The third-order valence-corrected chi connectivity index (χ3v) is 4.67. The molecule has 1 amide bonds. The first-order valence-corrected chi connectivity index (χ1v) is 9.61. The molecule has 0 bridgehead atoms. The van der Waals surface area contributed by atoms with Gasteiger partial charge in [-0.1, -0.05) is 0 Å². The van der Waals surface area contributed by atoms with Crippen LogP contribution in [-0.4, -0.2) is 40.8 Å². The van der Waals surface area contributed by atoms with E-state index in [0.717, 1.165) is 0 Å². The number of methoxy groups -OCH3 is 1. The molecule has 3 aromatic rings. The van der Waals surface area contributed by atoms with Crippen LogP contribution in [0.15, 0.2) is 65.1 Å². The summed E-state index contributed by atoms with van der Waals surface area (Å²) in [5, 5.41) is 33.3. The van der Waals surface area contributed by atoms with Crippen LogP contribution >= 0.6 is 0 Å². The molecule has 0 fully saturated rings. The van der Waals surface area contributed by atoms with Gasteiger partial charge in [-0.2, -0.15) is 0 Å². The molecule has 0 saturated carbocycles. The zero-order chi connectivity index (χ0) is 23.1. The second kappa shape index (κ2) is 10.4. The molecule has 1 heterocycles. The highest BCUT2D eigenvalue weighted by atomic mass is 16.6. The molecule has 168 valence electrons. The van der Waals surface area contributed by atoms with Gasteiger partial charge in [-0.15, -0.1) is 0 Å². The molecule has 0 spiro atoms. The zero-order valence-corrected chi connectivity index (χ0v) is 17.1. The van der Waals surface area contributed by atoms with Crippen LogP contribution in [0.25, 0.3) is 0 Å². The number of carbonyl (C=O) groups excluding carboxylic acids is 1. The third kappa shape index (κ3) is 5.62. The second-order valence-corrected chi connectivity index (χ2v) is 6.79. The van der Waals surface area contributed by atoms with Gasteiger partial charge in [0.1, 0.15) is 30.0 Å². The van der Waals surface area contributed by atoms with Gasteiger partial charge in [0, 0.05) is 12.1 Å². The number of hydrogen-bond donors (Lipinski definition) is 3. The monoisotopic (exact) mass is 442 g/mol. The van der Waals surface area contributed by atoms with Crippen molar-refractivity contribution in [3.05, 3.63) is 87.9 Å². The summed E-state index contributed by atoms with van der Waals surface area (Å²) >= 11 is 0. The number of ether oxygens (including phenoxy) is 2. The number of rotatable bonds is 10. The van der Waals surface area contributed by atoms with E-state index in [2.05, 4.69) is 5.32 Å². The highest BCUT2D eigenvalue weighted by Gasteiger charge is 2.24. The maximum atomic E-state index is 12.5. The summed E-state index contributed by atoms with van der Waals surface area (Å²) in [6.07, 6.45) is -1.28. The molecule has 10 nitrogen and oxygen atoms in total. The van der Waals surface area contributed by atoms with Crippen LogP contribution in [0.5, 0.6) is 11.5 Å². The van der Waals surface area contributed by atoms with E-state index >= 15 is 0 Å². The molecule has 2 aromatic carbocycles. The summed E-state index contributed by atoms with van der Waals surface area (Å²) in [5.41, 5.74) is 0.175. The summed E-state index contributed by atoms with van der Waals surface area (Å²) in [5.74, 6) is 1.04. The number of nitro groups is 1. The topological polar surface area (TPSA) is 144 Å². The smallest absolute Gasteiger partial charge is 0.287 e. The van der Waals surface area contributed by atoms with Crippen LogP contribution in [0.2, 0.25) is 0 Å². The van der Waals surface area contributed by atoms with Crippen molar-refractivity contribution in [2.45, 2.75) is 18.8 Å². The molecule has 32 heavy (non-hydrogen) atoms. The molecule has 0 aliphatic rings. The molecule has 0 aliphatic heterocycles. The Labute approximate surface area is 183 Å². The highest BCUT2D eigenvalue weighted by molar-refractivity contribution is 5.91. The molecule has 0 aliphatic carbocycles. The molecule has 3 N–H and O–H groups in total. The quantitative estimate of drug-likeness (QED) is 0.321. The van der Waals surface area contributed by atoms with Crippen LogP contribution in [0.1, 0.15) is 28.0 Å². The van der Waals surface area contributed by atoms with Crippen molar-refractivity contribution in [1.82, 2.24) is 5.32 Å². The van der Waals surface area contributed by atoms with E-state index in [1.165, 1.54) is 30.3 Å². The van der Waals surface area contributed by atoms with Crippen LogP contribution in [0.4, 0.5) is 5.69 Å². The molecule has 2 atom stereocenters. The molecular weight excluding hydrogens is 420 g/mol. The summed E-state index contributed by atoms with van der Waals surface area (Å²) < 4.78 is 16.2. The first-order valence-electron chi connectivity index (χ1n) is 9.61. The number of non-ortho nitro benzene ring substituents is 1. The predicted molar refractivity (Wildman–Crippen MR) is 112 cm³/mol. The van der Waals surface area contributed by atoms with E-state index in [0.29, 0.717) is 22.8 Å². The summed E-state index contributed by atoms with van der Waals surface area (Å²) in [6.45, 7) is -0.466. The van der Waals surface area contributed by atoms with Gasteiger partial charge >= 0.3 is 0 Å². The minimum atomic E-state index is -1.28. The Hall–Kier alpha value is -3.89. The Bertz CT molecular complexity index is 1050. The standard InChI is InChI=1S/C22H22N2O8/c1-30-16-6-8-17(9-7-16)31-13-18-10-11-20(32-18)22(27)23-19(12-25)21(26)14-2-4-15(5-3-14)24(28)29/h2-11,19,21,25-26H,12-13H2,1H3,(H,23,27). The van der Waals surface area contributed by atoms with Crippen molar-refractivity contribution in [1.29, 1.82) is 0 Å². The van der Waals surface area contributed by atoms with E-state index in [1.54, 1.807) is 37.4 Å². The molecule has 3 rings (SSSR count). The van der Waals surface area contributed by atoms with E-state index in [-0.39, 0.29) is 18.1 Å². The number of nitro benzene ring substituents is 1. The normalized spacial score (nSPS) is 12.6. The molecule has 0 radical (unpaired) electrons. The average molecular weight is 442 g/mol. The first kappa shape index (κ1) is 22.8. The molecule has 0 saturated heterocycles. The Morgan fingerprint density at radius 1 is 1.09 bits per heavy atom. The fourth-order valence-corrected chi connectivity index (χ4v) is 2.89. The molecular formula is C22H22N2O8. The Kier molecular flexibility index (Phi) is 7.42. The number of aliphatic hydroxyl groups is 2. The maximum Gasteiger partial charge on any atom is 0.287 e. The number of benzene rings is 2. The minimum Gasteiger partial charge on any atom is -0.497 e. The number of aliphatic hydroxyl groups excluding tert-OH is 2.